The van der Waals surface area contributed by atoms with Gasteiger partial charge in [0.15, 0.2) is 0 Å². The van der Waals surface area contributed by atoms with E-state index in [1.54, 1.807) is 12.1 Å². The molecule has 0 aliphatic carbocycles. The van der Waals surface area contributed by atoms with Gasteiger partial charge in [-0.05, 0) is 12.5 Å². The van der Waals surface area contributed by atoms with Crippen LogP contribution in [0, 0.1) is 6.92 Å². The van der Waals surface area contributed by atoms with Crippen LogP contribution < -0.4 is 0 Å². The molecule has 0 N–H and O–H groups in total. The highest BCUT2D eigenvalue weighted by molar-refractivity contribution is 7.95. The predicted octanol–water partition coefficient (Wildman–Crippen LogP) is 3.68. The minimum absolute atomic E-state index is 0.0372. The van der Waals surface area contributed by atoms with Crippen LogP contribution in [-0.2, 0) is 10.8 Å². The van der Waals surface area contributed by atoms with Crippen molar-refractivity contribution in [3.05, 3.63) is 35.4 Å². The van der Waals surface area contributed by atoms with E-state index in [0.29, 0.717) is 0 Å². The zero-order valence-corrected chi connectivity index (χ0v) is 8.28. The van der Waals surface area contributed by atoms with E-state index in [4.69, 9.17) is 0 Å². The first-order chi connectivity index (χ1) is 6.47. The van der Waals surface area contributed by atoms with Crippen LogP contribution in [0.1, 0.15) is 11.1 Å². The highest BCUT2D eigenvalue weighted by Gasteiger charge is 2.29. The summed E-state index contributed by atoms with van der Waals surface area (Å²) in [6.07, 6.45) is 0. The fourth-order valence-corrected chi connectivity index (χ4v) is 1.18. The van der Waals surface area contributed by atoms with Crippen LogP contribution in [0.4, 0.5) is 13.2 Å². The van der Waals surface area contributed by atoms with Crippen LogP contribution in [0.5, 0.6) is 0 Å². The number of benzene rings is 1. The molecule has 0 aromatic heterocycles. The Morgan fingerprint density at radius 1 is 1.21 bits per heavy atom. The maximum absolute atomic E-state index is 11.7. The fourth-order valence-electron chi connectivity index (χ4n) is 0.849. The molecule has 1 aromatic carbocycles. The molecule has 78 valence electrons. The van der Waals surface area contributed by atoms with Gasteiger partial charge in [-0.1, -0.05) is 29.8 Å². The predicted molar refractivity (Wildman–Crippen MR) is 49.6 cm³/mol. The molecule has 1 nitrogen and oxygen atoms in total. The molecule has 1 aromatic rings. The first-order valence-corrected chi connectivity index (χ1v) is 4.64. The molecular weight excluding hydrogens is 213 g/mol. The quantitative estimate of drug-likeness (QED) is 0.721. The maximum Gasteiger partial charge on any atom is 0.467 e. The Kier molecular flexibility index (Phi) is 3.83. The van der Waals surface area contributed by atoms with E-state index >= 15 is 0 Å². The van der Waals surface area contributed by atoms with Gasteiger partial charge in [-0.3, -0.25) is 0 Å². The lowest BCUT2D eigenvalue weighted by atomic mass is 10.2. The third kappa shape index (κ3) is 4.53. The van der Waals surface area contributed by atoms with Crippen LogP contribution in [-0.4, -0.2) is 5.51 Å². The van der Waals surface area contributed by atoms with Gasteiger partial charge in [-0.15, -0.1) is 0 Å². The Balaban J connectivity index is 2.35. The Morgan fingerprint density at radius 3 is 2.29 bits per heavy atom. The molecule has 0 spiro atoms. The van der Waals surface area contributed by atoms with Crippen molar-refractivity contribution < 1.29 is 17.4 Å². The molecule has 0 saturated carbocycles. The lowest BCUT2D eigenvalue weighted by Gasteiger charge is -2.05. The smallest absolute Gasteiger partial charge is 0.303 e. The number of alkyl halides is 3. The van der Waals surface area contributed by atoms with Crippen LogP contribution in [0.3, 0.4) is 0 Å². The summed E-state index contributed by atoms with van der Waals surface area (Å²) in [5, 5.41) is 0. The van der Waals surface area contributed by atoms with Crippen molar-refractivity contribution in [1.82, 2.24) is 0 Å². The molecule has 5 heteroatoms. The SMILES string of the molecule is Cc1ccc(COSC(F)(F)F)cc1. The van der Waals surface area contributed by atoms with E-state index in [0.717, 1.165) is 11.1 Å². The van der Waals surface area contributed by atoms with Crippen LogP contribution in [0.2, 0.25) is 0 Å². The van der Waals surface area contributed by atoms with Crippen molar-refractivity contribution in [2.24, 2.45) is 0 Å². The molecule has 0 aliphatic rings. The van der Waals surface area contributed by atoms with Crippen molar-refractivity contribution in [3.8, 4) is 0 Å². The molecule has 0 saturated heterocycles. The normalized spacial score (nSPS) is 11.7. The first-order valence-electron chi connectivity index (χ1n) is 3.90. The van der Waals surface area contributed by atoms with Gasteiger partial charge >= 0.3 is 5.51 Å². The van der Waals surface area contributed by atoms with Gasteiger partial charge in [-0.25, -0.2) is 0 Å². The fraction of sp³-hybridized carbons (Fsp3) is 0.333. The van der Waals surface area contributed by atoms with E-state index in [1.807, 2.05) is 19.1 Å². The van der Waals surface area contributed by atoms with Gasteiger partial charge in [0.1, 0.15) is 12.0 Å². The van der Waals surface area contributed by atoms with Crippen LogP contribution in [0.25, 0.3) is 0 Å². The molecule has 0 aliphatic heterocycles. The lowest BCUT2D eigenvalue weighted by molar-refractivity contribution is -0.0400. The highest BCUT2D eigenvalue weighted by atomic mass is 32.2. The second-order valence-electron chi connectivity index (χ2n) is 2.78. The highest BCUT2D eigenvalue weighted by Crippen LogP contribution is 2.31. The average molecular weight is 222 g/mol. The number of aryl methyl sites for hydroxylation is 1. The topological polar surface area (TPSA) is 9.23 Å². The molecule has 0 fully saturated rings. The zero-order chi connectivity index (χ0) is 10.6. The lowest BCUT2D eigenvalue weighted by Crippen LogP contribution is -2.01. The van der Waals surface area contributed by atoms with Crippen molar-refractivity contribution in [2.75, 3.05) is 0 Å². The Hall–Kier alpha value is -0.680. The molecule has 1 rings (SSSR count). The molecule has 0 bridgehead atoms. The van der Waals surface area contributed by atoms with Gasteiger partial charge in [0, 0.05) is 0 Å². The third-order valence-electron chi connectivity index (χ3n) is 1.50. The van der Waals surface area contributed by atoms with E-state index in [1.165, 1.54) is 0 Å². The number of halogens is 3. The summed E-state index contributed by atoms with van der Waals surface area (Å²) in [7, 11) is 0. The third-order valence-corrected chi connectivity index (χ3v) is 1.92. The summed E-state index contributed by atoms with van der Waals surface area (Å²) in [6, 6.07) is 7.15. The number of hydrogen-bond donors (Lipinski definition) is 0. The summed E-state index contributed by atoms with van der Waals surface area (Å²) in [6.45, 7) is 1.87. The number of hydrogen-bond acceptors (Lipinski definition) is 2. The van der Waals surface area contributed by atoms with Crippen molar-refractivity contribution in [2.45, 2.75) is 19.0 Å². The minimum Gasteiger partial charge on any atom is -0.303 e. The largest absolute Gasteiger partial charge is 0.467 e. The maximum atomic E-state index is 11.7. The Labute approximate surface area is 84.5 Å². The first kappa shape index (κ1) is 11.4. The number of rotatable bonds is 3. The molecule has 0 radical (unpaired) electrons. The van der Waals surface area contributed by atoms with Crippen LogP contribution in [0.15, 0.2) is 24.3 Å². The van der Waals surface area contributed by atoms with Crippen molar-refractivity contribution in [1.29, 1.82) is 0 Å². The van der Waals surface area contributed by atoms with Crippen LogP contribution >= 0.6 is 12.0 Å². The summed E-state index contributed by atoms with van der Waals surface area (Å²) < 4.78 is 39.4. The second-order valence-corrected chi connectivity index (χ2v) is 3.64. The van der Waals surface area contributed by atoms with Gasteiger partial charge < -0.3 is 4.18 Å². The van der Waals surface area contributed by atoms with Gasteiger partial charge in [0.25, 0.3) is 0 Å². The molecule has 0 heterocycles. The molecule has 0 atom stereocenters. The van der Waals surface area contributed by atoms with Crippen molar-refractivity contribution >= 4 is 12.0 Å². The summed E-state index contributed by atoms with van der Waals surface area (Å²) in [4.78, 5) is 0. The monoisotopic (exact) mass is 222 g/mol. The standard InChI is InChI=1S/C9H9F3OS/c1-7-2-4-8(5-3-7)6-13-14-9(10,11)12/h2-5H,6H2,1H3. The molecule has 0 amide bonds. The second kappa shape index (κ2) is 4.70. The van der Waals surface area contributed by atoms with Crippen molar-refractivity contribution in [3.63, 3.8) is 0 Å². The summed E-state index contributed by atoms with van der Waals surface area (Å²) in [5.74, 6) is 0. The van der Waals surface area contributed by atoms with Gasteiger partial charge in [-0.2, -0.15) is 13.2 Å². The minimum atomic E-state index is -4.33. The van der Waals surface area contributed by atoms with E-state index in [2.05, 4.69) is 4.18 Å². The Morgan fingerprint density at radius 2 is 1.79 bits per heavy atom. The van der Waals surface area contributed by atoms with Gasteiger partial charge in [0.2, 0.25) is 0 Å². The Bertz CT molecular complexity index is 281. The average Bonchev–Trinajstić information content (AvgIpc) is 2.06. The molecule has 14 heavy (non-hydrogen) atoms. The van der Waals surface area contributed by atoms with E-state index in [9.17, 15) is 13.2 Å². The summed E-state index contributed by atoms with van der Waals surface area (Å²) >= 11 is -0.467. The summed E-state index contributed by atoms with van der Waals surface area (Å²) in [5.41, 5.74) is -2.53. The van der Waals surface area contributed by atoms with E-state index < -0.39 is 17.6 Å². The van der Waals surface area contributed by atoms with E-state index in [-0.39, 0.29) is 6.61 Å². The molecular formula is C9H9F3OS. The zero-order valence-electron chi connectivity index (χ0n) is 7.47. The molecule has 0 unspecified atom stereocenters. The van der Waals surface area contributed by atoms with Gasteiger partial charge in [0.05, 0.1) is 6.61 Å².